The highest BCUT2D eigenvalue weighted by Gasteiger charge is 2.30. The van der Waals surface area contributed by atoms with Crippen molar-refractivity contribution >= 4 is 0 Å². The highest BCUT2D eigenvalue weighted by Crippen LogP contribution is 2.34. The van der Waals surface area contributed by atoms with Gasteiger partial charge in [-0.3, -0.25) is 11.3 Å². The van der Waals surface area contributed by atoms with Crippen molar-refractivity contribution in [3.05, 3.63) is 23.8 Å². The van der Waals surface area contributed by atoms with Gasteiger partial charge in [0.25, 0.3) is 0 Å². The van der Waals surface area contributed by atoms with Crippen molar-refractivity contribution in [3.63, 3.8) is 0 Å². The van der Waals surface area contributed by atoms with Crippen LogP contribution in [0.2, 0.25) is 0 Å². The predicted octanol–water partition coefficient (Wildman–Crippen LogP) is 1.63. The Morgan fingerprint density at radius 2 is 1.89 bits per heavy atom. The van der Waals surface area contributed by atoms with Crippen LogP contribution in [0, 0.1) is 5.92 Å². The molecule has 1 aromatic carbocycles. The van der Waals surface area contributed by atoms with Gasteiger partial charge >= 0.3 is 0 Å². The van der Waals surface area contributed by atoms with Crippen LogP contribution in [0.5, 0.6) is 11.5 Å². The molecule has 1 aliphatic rings. The molecule has 0 aromatic heterocycles. The van der Waals surface area contributed by atoms with E-state index in [1.165, 1.54) is 0 Å². The smallest absolute Gasteiger partial charge is 0.122 e. The van der Waals surface area contributed by atoms with Crippen LogP contribution >= 0.6 is 0 Å². The van der Waals surface area contributed by atoms with Crippen LogP contribution in [0.25, 0.3) is 0 Å². The van der Waals surface area contributed by atoms with Crippen molar-refractivity contribution in [3.8, 4) is 11.5 Å². The first-order valence-electron chi connectivity index (χ1n) is 6.48. The van der Waals surface area contributed by atoms with Crippen LogP contribution in [0.1, 0.15) is 24.9 Å². The molecule has 3 unspecified atom stereocenters. The maximum Gasteiger partial charge on any atom is 0.122 e. The van der Waals surface area contributed by atoms with Crippen molar-refractivity contribution in [2.45, 2.75) is 25.5 Å². The summed E-state index contributed by atoms with van der Waals surface area (Å²) < 4.78 is 16.2. The predicted molar refractivity (Wildman–Crippen MR) is 73.1 cm³/mol. The second-order valence-electron chi connectivity index (χ2n) is 4.93. The molecule has 1 saturated heterocycles. The first-order valence-corrected chi connectivity index (χ1v) is 6.48. The van der Waals surface area contributed by atoms with E-state index in [9.17, 15) is 0 Å². The number of rotatable bonds is 5. The molecule has 0 spiro atoms. The highest BCUT2D eigenvalue weighted by atomic mass is 16.5. The van der Waals surface area contributed by atoms with Crippen LogP contribution in [0.15, 0.2) is 18.2 Å². The highest BCUT2D eigenvalue weighted by molar-refractivity contribution is 5.40. The summed E-state index contributed by atoms with van der Waals surface area (Å²) in [5.74, 6) is 7.61. The molecule has 1 heterocycles. The molecule has 1 fully saturated rings. The van der Waals surface area contributed by atoms with Gasteiger partial charge in [0, 0.05) is 12.0 Å². The fraction of sp³-hybridized carbons (Fsp3) is 0.571. The SMILES string of the molecule is COc1cc(OC)cc(C(NN)C2COC(C)C2)c1. The molecule has 5 nitrogen and oxygen atoms in total. The van der Waals surface area contributed by atoms with Crippen molar-refractivity contribution in [2.24, 2.45) is 11.8 Å². The molecule has 19 heavy (non-hydrogen) atoms. The molecule has 5 heteroatoms. The van der Waals surface area contributed by atoms with E-state index >= 15 is 0 Å². The first kappa shape index (κ1) is 14.1. The lowest BCUT2D eigenvalue weighted by Crippen LogP contribution is -2.34. The summed E-state index contributed by atoms with van der Waals surface area (Å²) in [6, 6.07) is 5.85. The van der Waals surface area contributed by atoms with Crippen LogP contribution in [-0.4, -0.2) is 26.9 Å². The number of nitrogens with two attached hydrogens (primary N) is 1. The molecule has 106 valence electrons. The van der Waals surface area contributed by atoms with Gasteiger partial charge in [0.05, 0.1) is 33.0 Å². The third kappa shape index (κ3) is 3.18. The van der Waals surface area contributed by atoms with Gasteiger partial charge in [0.2, 0.25) is 0 Å². The van der Waals surface area contributed by atoms with Gasteiger partial charge in [0.1, 0.15) is 11.5 Å². The fourth-order valence-corrected chi connectivity index (χ4v) is 2.60. The zero-order valence-electron chi connectivity index (χ0n) is 11.7. The minimum absolute atomic E-state index is 0.0361. The molecule has 0 saturated carbocycles. The molecular formula is C14H22N2O3. The minimum atomic E-state index is 0.0361. The summed E-state index contributed by atoms with van der Waals surface area (Å²) in [5.41, 5.74) is 3.95. The lowest BCUT2D eigenvalue weighted by atomic mass is 9.91. The van der Waals surface area contributed by atoms with E-state index in [4.69, 9.17) is 20.1 Å². The Bertz CT molecular complexity index is 403. The Hall–Kier alpha value is -1.30. The Kier molecular flexibility index (Phi) is 4.63. The molecular weight excluding hydrogens is 244 g/mol. The number of methoxy groups -OCH3 is 2. The van der Waals surface area contributed by atoms with Crippen LogP contribution in [-0.2, 0) is 4.74 Å². The van der Waals surface area contributed by atoms with Gasteiger partial charge in [-0.15, -0.1) is 0 Å². The van der Waals surface area contributed by atoms with Crippen molar-refractivity contribution in [2.75, 3.05) is 20.8 Å². The molecule has 3 atom stereocenters. The van der Waals surface area contributed by atoms with Crippen LogP contribution in [0.4, 0.5) is 0 Å². The average Bonchev–Trinajstić information content (AvgIpc) is 2.85. The topological polar surface area (TPSA) is 65.7 Å². The quantitative estimate of drug-likeness (QED) is 0.626. The van der Waals surface area contributed by atoms with Crippen molar-refractivity contribution in [1.82, 2.24) is 5.43 Å². The molecule has 1 aliphatic heterocycles. The zero-order chi connectivity index (χ0) is 13.8. The largest absolute Gasteiger partial charge is 0.497 e. The van der Waals surface area contributed by atoms with Gasteiger partial charge in [0.15, 0.2) is 0 Å². The molecule has 0 amide bonds. The summed E-state index contributed by atoms with van der Waals surface area (Å²) in [6.45, 7) is 2.80. The maximum absolute atomic E-state index is 5.73. The summed E-state index contributed by atoms with van der Waals surface area (Å²) in [6.07, 6.45) is 1.28. The first-order chi connectivity index (χ1) is 9.17. The van der Waals surface area contributed by atoms with E-state index in [1.807, 2.05) is 18.2 Å². The molecule has 0 aliphatic carbocycles. The second-order valence-corrected chi connectivity index (χ2v) is 4.93. The number of hydrazine groups is 1. The third-order valence-corrected chi connectivity index (χ3v) is 3.61. The summed E-state index contributed by atoms with van der Waals surface area (Å²) >= 11 is 0. The van der Waals surface area contributed by atoms with Crippen LogP contribution in [0.3, 0.4) is 0 Å². The number of nitrogens with one attached hydrogen (secondary N) is 1. The summed E-state index contributed by atoms with van der Waals surface area (Å²) in [4.78, 5) is 0. The average molecular weight is 266 g/mol. The maximum atomic E-state index is 5.73. The Morgan fingerprint density at radius 1 is 1.26 bits per heavy atom. The lowest BCUT2D eigenvalue weighted by Gasteiger charge is -2.23. The van der Waals surface area contributed by atoms with E-state index in [2.05, 4.69) is 12.3 Å². The summed E-state index contributed by atoms with van der Waals surface area (Å²) in [7, 11) is 3.29. The number of hydrogen-bond donors (Lipinski definition) is 2. The van der Waals surface area contributed by atoms with Gasteiger partial charge in [-0.2, -0.15) is 0 Å². The normalized spacial score (nSPS) is 24.2. The van der Waals surface area contributed by atoms with E-state index in [0.717, 1.165) is 30.1 Å². The van der Waals surface area contributed by atoms with Crippen LogP contribution < -0.4 is 20.7 Å². The van der Waals surface area contributed by atoms with E-state index in [0.29, 0.717) is 5.92 Å². The third-order valence-electron chi connectivity index (χ3n) is 3.61. The molecule has 0 radical (unpaired) electrons. The Balaban J connectivity index is 2.26. The minimum Gasteiger partial charge on any atom is -0.497 e. The van der Waals surface area contributed by atoms with Crippen molar-refractivity contribution in [1.29, 1.82) is 0 Å². The van der Waals surface area contributed by atoms with Crippen molar-refractivity contribution < 1.29 is 14.2 Å². The molecule has 2 rings (SSSR count). The second kappa shape index (κ2) is 6.23. The molecule has 3 N–H and O–H groups in total. The Labute approximate surface area is 114 Å². The molecule has 1 aromatic rings. The fourth-order valence-electron chi connectivity index (χ4n) is 2.60. The lowest BCUT2D eigenvalue weighted by molar-refractivity contribution is 0.117. The number of ether oxygens (including phenoxy) is 3. The monoisotopic (exact) mass is 266 g/mol. The molecule has 0 bridgehead atoms. The zero-order valence-corrected chi connectivity index (χ0v) is 11.7. The van der Waals surface area contributed by atoms with E-state index in [-0.39, 0.29) is 12.1 Å². The number of benzene rings is 1. The summed E-state index contributed by atoms with van der Waals surface area (Å²) in [5, 5.41) is 0. The standard InChI is InChI=1S/C14H22N2O3/c1-9-4-11(8-19-9)14(16-15)10-5-12(17-2)7-13(6-10)18-3/h5-7,9,11,14,16H,4,8,15H2,1-3H3. The van der Waals surface area contributed by atoms with Gasteiger partial charge in [-0.1, -0.05) is 0 Å². The number of hydrogen-bond acceptors (Lipinski definition) is 5. The van der Waals surface area contributed by atoms with Gasteiger partial charge < -0.3 is 14.2 Å². The van der Waals surface area contributed by atoms with Gasteiger partial charge in [-0.05, 0) is 31.0 Å². The van der Waals surface area contributed by atoms with E-state index < -0.39 is 0 Å². The van der Waals surface area contributed by atoms with E-state index in [1.54, 1.807) is 14.2 Å². The van der Waals surface area contributed by atoms with Gasteiger partial charge in [-0.25, -0.2) is 0 Å². The Morgan fingerprint density at radius 3 is 2.32 bits per heavy atom.